The van der Waals surface area contributed by atoms with Crippen LogP contribution in [0.2, 0.25) is 0 Å². The van der Waals surface area contributed by atoms with Crippen molar-refractivity contribution in [2.45, 2.75) is 52.7 Å². The first-order chi connectivity index (χ1) is 9.98. The van der Waals surface area contributed by atoms with Crippen LogP contribution in [-0.2, 0) is 11.3 Å². The molecule has 2 heteroatoms. The Hall–Kier alpha value is -1.30. The molecule has 0 spiro atoms. The molecule has 0 aromatic heterocycles. The molecule has 2 rings (SSSR count). The lowest BCUT2D eigenvalue weighted by molar-refractivity contribution is -0.0316. The monoisotopic (exact) mass is 285 g/mol. The molecule has 0 saturated heterocycles. The highest BCUT2D eigenvalue weighted by atomic mass is 16.5. The van der Waals surface area contributed by atoms with Crippen LogP contribution in [0.5, 0.6) is 0 Å². The molecule has 114 valence electrons. The Kier molecular flexibility index (Phi) is 5.45. The van der Waals surface area contributed by atoms with Gasteiger partial charge in [-0.1, -0.05) is 44.7 Å². The van der Waals surface area contributed by atoms with Gasteiger partial charge in [0.1, 0.15) is 0 Å². The van der Waals surface area contributed by atoms with Gasteiger partial charge in [0.2, 0.25) is 0 Å². The van der Waals surface area contributed by atoms with Gasteiger partial charge in [0.15, 0.2) is 0 Å². The molecule has 1 aromatic carbocycles. The Morgan fingerprint density at radius 1 is 1.33 bits per heavy atom. The van der Waals surface area contributed by atoms with Gasteiger partial charge in [0.25, 0.3) is 0 Å². The van der Waals surface area contributed by atoms with Gasteiger partial charge in [-0.05, 0) is 48.3 Å². The normalized spacial score (nSPS) is 24.2. The van der Waals surface area contributed by atoms with Gasteiger partial charge in [0.05, 0.1) is 19.3 Å². The summed E-state index contributed by atoms with van der Waals surface area (Å²) < 4.78 is 6.16. The summed E-state index contributed by atoms with van der Waals surface area (Å²) in [5.41, 5.74) is 8.01. The molecule has 0 heterocycles. The van der Waals surface area contributed by atoms with E-state index >= 15 is 0 Å². The van der Waals surface area contributed by atoms with Gasteiger partial charge in [-0.25, -0.2) is 0 Å². The molecule has 0 radical (unpaired) electrons. The maximum absolute atomic E-state index is 6.16. The smallest absolute Gasteiger partial charge is 0.0721 e. The van der Waals surface area contributed by atoms with Crippen molar-refractivity contribution in [3.05, 3.63) is 35.4 Å². The minimum Gasteiger partial charge on any atom is -0.374 e. The van der Waals surface area contributed by atoms with E-state index in [4.69, 9.17) is 10.5 Å². The number of hydrogen-bond acceptors (Lipinski definition) is 2. The van der Waals surface area contributed by atoms with Crippen LogP contribution >= 0.6 is 0 Å². The minimum absolute atomic E-state index is 0.377. The lowest BCUT2D eigenvalue weighted by Gasteiger charge is -2.38. The Bertz CT molecular complexity index is 524. The topological polar surface area (TPSA) is 35.2 Å². The summed E-state index contributed by atoms with van der Waals surface area (Å²) in [4.78, 5) is 0. The van der Waals surface area contributed by atoms with Crippen LogP contribution < -0.4 is 5.73 Å². The maximum atomic E-state index is 6.16. The van der Waals surface area contributed by atoms with E-state index in [9.17, 15) is 0 Å². The fourth-order valence-electron chi connectivity index (χ4n) is 3.49. The van der Waals surface area contributed by atoms with Crippen molar-refractivity contribution in [2.75, 3.05) is 6.54 Å². The van der Waals surface area contributed by atoms with E-state index in [0.29, 0.717) is 24.7 Å². The molecule has 0 aliphatic heterocycles. The first-order valence-electron chi connectivity index (χ1n) is 7.88. The summed E-state index contributed by atoms with van der Waals surface area (Å²) in [6.45, 7) is 8.10. The molecule has 1 saturated carbocycles. The molecular formula is C19H27NO. The van der Waals surface area contributed by atoms with Crippen LogP contribution in [0.3, 0.4) is 0 Å². The van der Waals surface area contributed by atoms with Crippen molar-refractivity contribution in [1.82, 2.24) is 0 Å². The summed E-state index contributed by atoms with van der Waals surface area (Å²) in [5, 5.41) is 0. The average Bonchev–Trinajstić information content (AvgIpc) is 2.41. The molecule has 0 amide bonds. The summed E-state index contributed by atoms with van der Waals surface area (Å²) in [6, 6.07) is 8.25. The summed E-state index contributed by atoms with van der Waals surface area (Å²) in [6.07, 6.45) is 4.01. The molecule has 1 fully saturated rings. The molecule has 21 heavy (non-hydrogen) atoms. The molecule has 1 aliphatic carbocycles. The summed E-state index contributed by atoms with van der Waals surface area (Å²) in [5.74, 6) is 6.71. The molecule has 2 unspecified atom stereocenters. The summed E-state index contributed by atoms with van der Waals surface area (Å²) >= 11 is 0. The van der Waals surface area contributed by atoms with E-state index in [1.54, 1.807) is 0 Å². The van der Waals surface area contributed by atoms with E-state index < -0.39 is 0 Å². The maximum Gasteiger partial charge on any atom is 0.0721 e. The second-order valence-corrected chi connectivity index (χ2v) is 7.05. The van der Waals surface area contributed by atoms with E-state index in [1.165, 1.54) is 18.4 Å². The fourth-order valence-corrected chi connectivity index (χ4v) is 3.49. The number of ether oxygens (including phenoxy) is 1. The lowest BCUT2D eigenvalue weighted by Crippen LogP contribution is -2.32. The van der Waals surface area contributed by atoms with Crippen LogP contribution in [0.1, 0.15) is 51.2 Å². The second-order valence-electron chi connectivity index (χ2n) is 7.05. The molecule has 0 bridgehead atoms. The van der Waals surface area contributed by atoms with Gasteiger partial charge >= 0.3 is 0 Å². The molecule has 2 atom stereocenters. The number of hydrogen-bond donors (Lipinski definition) is 1. The van der Waals surface area contributed by atoms with Crippen LogP contribution in [0, 0.1) is 23.2 Å². The molecular weight excluding hydrogens is 258 g/mol. The zero-order chi connectivity index (χ0) is 15.3. The first kappa shape index (κ1) is 16.1. The van der Waals surface area contributed by atoms with Gasteiger partial charge in [-0.2, -0.15) is 0 Å². The van der Waals surface area contributed by atoms with E-state index in [-0.39, 0.29) is 0 Å². The standard InChI is InChI=1S/C19H27NO/c1-15-10-18(13-19(2,3)12-15)21-14-17-7-4-6-16(11-17)8-5-9-20/h4,6-7,11,15,18H,9-10,12-14,20H2,1-3H3. The van der Waals surface area contributed by atoms with Crippen molar-refractivity contribution in [3.8, 4) is 11.8 Å². The largest absolute Gasteiger partial charge is 0.374 e. The molecule has 2 nitrogen and oxygen atoms in total. The lowest BCUT2D eigenvalue weighted by atomic mass is 9.71. The van der Waals surface area contributed by atoms with E-state index in [1.807, 2.05) is 12.1 Å². The SMILES string of the molecule is CC1CC(OCc2cccc(C#CCN)c2)CC(C)(C)C1. The van der Waals surface area contributed by atoms with Gasteiger partial charge < -0.3 is 10.5 Å². The number of rotatable bonds is 3. The zero-order valence-corrected chi connectivity index (χ0v) is 13.5. The van der Waals surface area contributed by atoms with Gasteiger partial charge in [-0.3, -0.25) is 0 Å². The van der Waals surface area contributed by atoms with Crippen molar-refractivity contribution in [3.63, 3.8) is 0 Å². The Balaban J connectivity index is 1.93. The fraction of sp³-hybridized carbons (Fsp3) is 0.579. The summed E-state index contributed by atoms with van der Waals surface area (Å²) in [7, 11) is 0. The molecule has 2 N–H and O–H groups in total. The van der Waals surface area contributed by atoms with Gasteiger partial charge in [-0.15, -0.1) is 0 Å². The van der Waals surface area contributed by atoms with Crippen molar-refractivity contribution >= 4 is 0 Å². The Morgan fingerprint density at radius 2 is 2.14 bits per heavy atom. The van der Waals surface area contributed by atoms with Crippen molar-refractivity contribution < 1.29 is 4.74 Å². The predicted octanol–water partition coefficient (Wildman–Crippen LogP) is 3.73. The van der Waals surface area contributed by atoms with Crippen LogP contribution in [0.25, 0.3) is 0 Å². The molecule has 1 aliphatic rings. The molecule has 1 aromatic rings. The Morgan fingerprint density at radius 3 is 2.86 bits per heavy atom. The van der Waals surface area contributed by atoms with E-state index in [2.05, 4.69) is 44.7 Å². The highest BCUT2D eigenvalue weighted by Crippen LogP contribution is 2.39. The third kappa shape index (κ3) is 5.19. The third-order valence-corrected chi connectivity index (χ3v) is 4.09. The third-order valence-electron chi connectivity index (χ3n) is 4.09. The highest BCUT2D eigenvalue weighted by Gasteiger charge is 2.32. The van der Waals surface area contributed by atoms with Crippen molar-refractivity contribution in [2.24, 2.45) is 17.1 Å². The highest BCUT2D eigenvalue weighted by molar-refractivity contribution is 5.37. The van der Waals surface area contributed by atoms with Crippen molar-refractivity contribution in [1.29, 1.82) is 0 Å². The number of nitrogens with two attached hydrogens (primary N) is 1. The Labute approximate surface area is 129 Å². The number of benzene rings is 1. The van der Waals surface area contributed by atoms with Crippen LogP contribution in [0.4, 0.5) is 0 Å². The average molecular weight is 285 g/mol. The van der Waals surface area contributed by atoms with E-state index in [0.717, 1.165) is 17.9 Å². The first-order valence-corrected chi connectivity index (χ1v) is 7.88. The van der Waals surface area contributed by atoms with Crippen LogP contribution in [-0.4, -0.2) is 12.6 Å². The quantitative estimate of drug-likeness (QED) is 0.859. The second kappa shape index (κ2) is 7.11. The predicted molar refractivity (Wildman–Crippen MR) is 87.7 cm³/mol. The van der Waals surface area contributed by atoms with Crippen LogP contribution in [0.15, 0.2) is 24.3 Å². The zero-order valence-electron chi connectivity index (χ0n) is 13.5. The van der Waals surface area contributed by atoms with Gasteiger partial charge in [0, 0.05) is 5.56 Å². The minimum atomic E-state index is 0.377.